The molecule has 2 aromatic rings. The lowest BCUT2D eigenvalue weighted by Crippen LogP contribution is -2.37. The monoisotopic (exact) mass is 353 g/mol. The molecule has 1 aromatic heterocycles. The van der Waals surface area contributed by atoms with Crippen molar-refractivity contribution >= 4 is 11.9 Å². The molecule has 1 aliphatic heterocycles. The highest BCUT2D eigenvalue weighted by Crippen LogP contribution is 2.49. The Hall–Kier alpha value is -2.63. The van der Waals surface area contributed by atoms with Gasteiger partial charge < -0.3 is 10.0 Å². The normalized spacial score (nSPS) is 24.7. The number of carboxylic acids is 1. The molecule has 1 aliphatic carbocycles. The third-order valence-corrected chi connectivity index (χ3v) is 5.95. The van der Waals surface area contributed by atoms with Gasteiger partial charge in [0.15, 0.2) is 0 Å². The largest absolute Gasteiger partial charge is 0.481 e. The molecule has 2 aliphatic rings. The minimum atomic E-state index is -0.754. The van der Waals surface area contributed by atoms with Crippen molar-refractivity contribution in [2.45, 2.75) is 33.1 Å². The summed E-state index contributed by atoms with van der Waals surface area (Å²) in [6.45, 7) is 4.81. The molecule has 2 heterocycles. The fourth-order valence-electron chi connectivity index (χ4n) is 4.61. The fourth-order valence-corrected chi connectivity index (χ4v) is 4.61. The molecule has 6 nitrogen and oxygen atoms in total. The predicted octanol–water partition coefficient (Wildman–Crippen LogP) is 2.82. The third-order valence-electron chi connectivity index (χ3n) is 5.95. The number of nitrogens with zero attached hydrogens (tertiary/aromatic N) is 3. The van der Waals surface area contributed by atoms with Gasteiger partial charge in [-0.2, -0.15) is 5.10 Å². The van der Waals surface area contributed by atoms with Gasteiger partial charge in [-0.05, 0) is 62.9 Å². The van der Waals surface area contributed by atoms with Crippen LogP contribution in [0.2, 0.25) is 0 Å². The Kier molecular flexibility index (Phi) is 3.86. The number of aliphatic carboxylic acids is 1. The first kappa shape index (κ1) is 16.8. The van der Waals surface area contributed by atoms with Gasteiger partial charge in [-0.3, -0.25) is 9.59 Å². The average molecular weight is 353 g/mol. The molecule has 2 atom stereocenters. The molecule has 1 saturated carbocycles. The summed E-state index contributed by atoms with van der Waals surface area (Å²) >= 11 is 0. The predicted molar refractivity (Wildman–Crippen MR) is 96.4 cm³/mol. The Labute approximate surface area is 152 Å². The molecule has 0 bridgehead atoms. The smallest absolute Gasteiger partial charge is 0.311 e. The van der Waals surface area contributed by atoms with Crippen LogP contribution in [0.5, 0.6) is 0 Å². The zero-order valence-corrected chi connectivity index (χ0v) is 15.1. The van der Waals surface area contributed by atoms with Gasteiger partial charge in [0.25, 0.3) is 5.91 Å². The Morgan fingerprint density at radius 2 is 1.96 bits per heavy atom. The minimum absolute atomic E-state index is 0.0814. The maximum Gasteiger partial charge on any atom is 0.311 e. The lowest BCUT2D eigenvalue weighted by Gasteiger charge is -2.23. The van der Waals surface area contributed by atoms with Gasteiger partial charge in [0.2, 0.25) is 0 Å². The lowest BCUT2D eigenvalue weighted by atomic mass is 9.81. The van der Waals surface area contributed by atoms with Crippen molar-refractivity contribution in [3.63, 3.8) is 0 Å². The van der Waals surface area contributed by atoms with E-state index in [0.29, 0.717) is 25.1 Å². The molecule has 1 amide bonds. The Morgan fingerprint density at radius 3 is 2.54 bits per heavy atom. The van der Waals surface area contributed by atoms with Crippen LogP contribution in [-0.4, -0.2) is 44.8 Å². The molecule has 1 saturated heterocycles. The number of hydrogen-bond donors (Lipinski definition) is 1. The topological polar surface area (TPSA) is 75.4 Å². The summed E-state index contributed by atoms with van der Waals surface area (Å²) in [6.07, 6.45) is 2.51. The first-order chi connectivity index (χ1) is 12.4. The summed E-state index contributed by atoms with van der Waals surface area (Å²) in [6, 6.07) is 9.38. The number of fused-ring (bicyclic) bond motifs is 1. The van der Waals surface area contributed by atoms with Gasteiger partial charge in [0.1, 0.15) is 0 Å². The van der Waals surface area contributed by atoms with Crippen LogP contribution in [0.1, 0.15) is 41.0 Å². The van der Waals surface area contributed by atoms with Gasteiger partial charge in [0, 0.05) is 24.3 Å². The highest BCUT2D eigenvalue weighted by Gasteiger charge is 2.55. The molecule has 1 aromatic carbocycles. The Bertz CT molecular complexity index is 871. The minimum Gasteiger partial charge on any atom is -0.481 e. The number of likely N-dealkylation sites (tertiary alicyclic amines) is 1. The summed E-state index contributed by atoms with van der Waals surface area (Å²) < 4.78 is 1.85. The van der Waals surface area contributed by atoms with Crippen molar-refractivity contribution in [1.82, 2.24) is 14.7 Å². The van der Waals surface area contributed by atoms with Crippen LogP contribution < -0.4 is 0 Å². The van der Waals surface area contributed by atoms with E-state index in [-0.39, 0.29) is 11.8 Å². The number of rotatable bonds is 3. The highest BCUT2D eigenvalue weighted by molar-refractivity contribution is 5.95. The van der Waals surface area contributed by atoms with Gasteiger partial charge >= 0.3 is 5.97 Å². The number of carbonyl (C=O) groups excluding carboxylic acids is 1. The van der Waals surface area contributed by atoms with E-state index < -0.39 is 11.4 Å². The first-order valence-electron chi connectivity index (χ1n) is 9.07. The molecule has 6 heteroatoms. The lowest BCUT2D eigenvalue weighted by molar-refractivity contribution is -0.149. The second kappa shape index (κ2) is 5.97. The van der Waals surface area contributed by atoms with Crippen LogP contribution in [0.15, 0.2) is 30.3 Å². The number of carbonyl (C=O) groups is 2. The average Bonchev–Trinajstić information content (AvgIpc) is 3.26. The maximum absolute atomic E-state index is 12.9. The fraction of sp³-hybridized carbons (Fsp3) is 0.450. The SMILES string of the molecule is Cc1cc(C)n(-c2ccc(C(=O)N3CC4CCCC4(C(=O)O)C3)cc2)n1. The van der Waals surface area contributed by atoms with E-state index >= 15 is 0 Å². The molecule has 4 rings (SSSR count). The number of aromatic nitrogens is 2. The number of hydrogen-bond acceptors (Lipinski definition) is 3. The Balaban J connectivity index is 1.54. The molecule has 136 valence electrons. The summed E-state index contributed by atoms with van der Waals surface area (Å²) in [7, 11) is 0. The van der Waals surface area contributed by atoms with Crippen molar-refractivity contribution in [2.24, 2.45) is 11.3 Å². The van der Waals surface area contributed by atoms with Crippen LogP contribution in [0.25, 0.3) is 5.69 Å². The van der Waals surface area contributed by atoms with Crippen molar-refractivity contribution in [3.05, 3.63) is 47.3 Å². The highest BCUT2D eigenvalue weighted by atomic mass is 16.4. The molecule has 1 N–H and O–H groups in total. The second-order valence-electron chi connectivity index (χ2n) is 7.62. The molecule has 2 fully saturated rings. The molecular weight excluding hydrogens is 330 g/mol. The summed E-state index contributed by atoms with van der Waals surface area (Å²) in [5.41, 5.74) is 2.75. The van der Waals surface area contributed by atoms with Crippen molar-refractivity contribution in [2.75, 3.05) is 13.1 Å². The van der Waals surface area contributed by atoms with E-state index in [1.165, 1.54) is 0 Å². The van der Waals surface area contributed by atoms with Gasteiger partial charge in [-0.15, -0.1) is 0 Å². The second-order valence-corrected chi connectivity index (χ2v) is 7.62. The summed E-state index contributed by atoms with van der Waals surface area (Å²) in [4.78, 5) is 26.4. The van der Waals surface area contributed by atoms with E-state index in [0.717, 1.165) is 29.9 Å². The molecule has 2 unspecified atom stereocenters. The number of aryl methyl sites for hydroxylation is 2. The standard InChI is InChI=1S/C20H23N3O3/c1-13-10-14(2)23(21-13)17-7-5-15(6-8-17)18(24)22-11-16-4-3-9-20(16,12-22)19(25)26/h5-8,10,16H,3-4,9,11-12H2,1-2H3,(H,25,26). The first-order valence-corrected chi connectivity index (χ1v) is 9.07. The molecular formula is C20H23N3O3. The zero-order chi connectivity index (χ0) is 18.5. The molecule has 0 spiro atoms. The maximum atomic E-state index is 12.9. The quantitative estimate of drug-likeness (QED) is 0.921. The number of carboxylic acid groups (broad SMARTS) is 1. The molecule has 26 heavy (non-hydrogen) atoms. The number of benzene rings is 1. The number of amides is 1. The van der Waals surface area contributed by atoms with Gasteiger partial charge in [-0.25, -0.2) is 4.68 Å². The van der Waals surface area contributed by atoms with Crippen LogP contribution >= 0.6 is 0 Å². The zero-order valence-electron chi connectivity index (χ0n) is 15.1. The van der Waals surface area contributed by atoms with Gasteiger partial charge in [-0.1, -0.05) is 6.42 Å². The van der Waals surface area contributed by atoms with E-state index in [1.54, 1.807) is 17.0 Å². The van der Waals surface area contributed by atoms with Crippen molar-refractivity contribution < 1.29 is 14.7 Å². The van der Waals surface area contributed by atoms with Crippen LogP contribution in [0, 0.1) is 25.2 Å². The van der Waals surface area contributed by atoms with Crippen molar-refractivity contribution in [3.8, 4) is 5.69 Å². The third kappa shape index (κ3) is 2.52. The van der Waals surface area contributed by atoms with Crippen molar-refractivity contribution in [1.29, 1.82) is 0 Å². The van der Waals surface area contributed by atoms with Crippen LogP contribution in [0.3, 0.4) is 0 Å². The summed E-state index contributed by atoms with van der Waals surface area (Å²) in [5, 5.41) is 14.1. The van der Waals surface area contributed by atoms with E-state index in [2.05, 4.69) is 5.10 Å². The van der Waals surface area contributed by atoms with E-state index in [1.807, 2.05) is 36.7 Å². The van der Waals surface area contributed by atoms with Crippen LogP contribution in [-0.2, 0) is 4.79 Å². The summed E-state index contributed by atoms with van der Waals surface area (Å²) in [5.74, 6) is -0.756. The Morgan fingerprint density at radius 1 is 1.23 bits per heavy atom. The van der Waals surface area contributed by atoms with Gasteiger partial charge in [0.05, 0.1) is 16.8 Å². The van der Waals surface area contributed by atoms with E-state index in [9.17, 15) is 14.7 Å². The van der Waals surface area contributed by atoms with Crippen LogP contribution in [0.4, 0.5) is 0 Å². The van der Waals surface area contributed by atoms with E-state index in [4.69, 9.17) is 0 Å². The molecule has 0 radical (unpaired) electrons.